The Balaban J connectivity index is 1.94. The zero-order valence-electron chi connectivity index (χ0n) is 8.32. The number of piperazine rings is 1. The number of thiol groups is 2. The number of hydrogen-bond donors (Lipinski definition) is 2. The van der Waals surface area contributed by atoms with Crippen molar-refractivity contribution in [3.8, 4) is 0 Å². The summed E-state index contributed by atoms with van der Waals surface area (Å²) in [6, 6.07) is 1.83. The molecule has 1 saturated heterocycles. The van der Waals surface area contributed by atoms with Gasteiger partial charge in [0.25, 0.3) is 0 Å². The van der Waals surface area contributed by atoms with E-state index in [1.807, 2.05) is 6.07 Å². The molecule has 0 spiro atoms. The summed E-state index contributed by atoms with van der Waals surface area (Å²) in [5, 5.41) is 0. The SMILES string of the molecule is SC(S)N1CCN(c2ncccn2)CC1. The number of anilines is 1. The highest BCUT2D eigenvalue weighted by Crippen LogP contribution is 2.14. The van der Waals surface area contributed by atoms with Gasteiger partial charge in [0, 0.05) is 38.6 Å². The summed E-state index contributed by atoms with van der Waals surface area (Å²) in [6.07, 6.45) is 3.55. The fourth-order valence-electron chi connectivity index (χ4n) is 1.61. The predicted octanol–water partition coefficient (Wildman–Crippen LogP) is 0.742. The monoisotopic (exact) mass is 242 g/mol. The number of hydrogen-bond acceptors (Lipinski definition) is 6. The lowest BCUT2D eigenvalue weighted by Crippen LogP contribution is -2.48. The summed E-state index contributed by atoms with van der Waals surface area (Å²) >= 11 is 8.60. The third-order valence-corrected chi connectivity index (χ3v) is 3.13. The lowest BCUT2D eigenvalue weighted by atomic mass is 10.3. The summed E-state index contributed by atoms with van der Waals surface area (Å²) in [6.45, 7) is 3.77. The first-order valence-electron chi connectivity index (χ1n) is 4.89. The van der Waals surface area contributed by atoms with Crippen LogP contribution in [0.1, 0.15) is 0 Å². The normalized spacial score (nSPS) is 18.5. The average molecular weight is 242 g/mol. The van der Waals surface area contributed by atoms with Crippen molar-refractivity contribution in [3.05, 3.63) is 18.5 Å². The van der Waals surface area contributed by atoms with Gasteiger partial charge in [0.1, 0.15) is 0 Å². The number of nitrogens with zero attached hydrogens (tertiary/aromatic N) is 4. The number of rotatable bonds is 2. The van der Waals surface area contributed by atoms with Crippen LogP contribution < -0.4 is 4.90 Å². The molecule has 2 heterocycles. The van der Waals surface area contributed by atoms with Crippen LogP contribution in [-0.2, 0) is 0 Å². The van der Waals surface area contributed by atoms with Crippen molar-refractivity contribution in [2.24, 2.45) is 0 Å². The van der Waals surface area contributed by atoms with Crippen LogP contribution in [0.2, 0.25) is 0 Å². The second-order valence-electron chi connectivity index (χ2n) is 3.42. The van der Waals surface area contributed by atoms with Gasteiger partial charge in [-0.15, -0.1) is 25.3 Å². The van der Waals surface area contributed by atoms with Crippen LogP contribution in [0, 0.1) is 0 Å². The fraction of sp³-hybridized carbons (Fsp3) is 0.556. The van der Waals surface area contributed by atoms with Crippen molar-refractivity contribution in [2.45, 2.75) is 4.71 Å². The van der Waals surface area contributed by atoms with E-state index in [0.717, 1.165) is 32.1 Å². The van der Waals surface area contributed by atoms with Crippen molar-refractivity contribution in [3.63, 3.8) is 0 Å². The molecule has 4 nitrogen and oxygen atoms in total. The second kappa shape index (κ2) is 5.05. The van der Waals surface area contributed by atoms with E-state index < -0.39 is 0 Å². The van der Waals surface area contributed by atoms with Gasteiger partial charge in [-0.3, -0.25) is 4.90 Å². The van der Waals surface area contributed by atoms with Crippen LogP contribution in [0.25, 0.3) is 0 Å². The van der Waals surface area contributed by atoms with Gasteiger partial charge in [-0.25, -0.2) is 9.97 Å². The molecule has 2 rings (SSSR count). The summed E-state index contributed by atoms with van der Waals surface area (Å²) in [5.74, 6) is 0.812. The Hall–Kier alpha value is -0.460. The Bertz CT molecular complexity index is 298. The maximum atomic E-state index is 4.30. The van der Waals surface area contributed by atoms with Crippen molar-refractivity contribution in [2.75, 3.05) is 31.1 Å². The minimum Gasteiger partial charge on any atom is -0.338 e. The van der Waals surface area contributed by atoms with Crippen LogP contribution in [0.3, 0.4) is 0 Å². The largest absolute Gasteiger partial charge is 0.338 e. The van der Waals surface area contributed by atoms with Gasteiger partial charge in [0.05, 0.1) is 4.71 Å². The third-order valence-electron chi connectivity index (χ3n) is 2.48. The quantitative estimate of drug-likeness (QED) is 0.592. The lowest BCUT2D eigenvalue weighted by Gasteiger charge is -2.35. The maximum Gasteiger partial charge on any atom is 0.225 e. The second-order valence-corrected chi connectivity index (χ2v) is 4.80. The molecule has 6 heteroatoms. The molecule has 0 unspecified atom stereocenters. The Morgan fingerprint density at radius 1 is 1.07 bits per heavy atom. The fourth-order valence-corrected chi connectivity index (χ4v) is 2.07. The van der Waals surface area contributed by atoms with Gasteiger partial charge in [-0.05, 0) is 6.07 Å². The molecule has 1 aliphatic heterocycles. The minimum atomic E-state index is 0.0313. The highest BCUT2D eigenvalue weighted by Gasteiger charge is 2.20. The summed E-state index contributed by atoms with van der Waals surface area (Å²) in [5.41, 5.74) is 0. The topological polar surface area (TPSA) is 32.3 Å². The van der Waals surface area contributed by atoms with Crippen LogP contribution >= 0.6 is 25.3 Å². The predicted molar refractivity (Wildman–Crippen MR) is 67.6 cm³/mol. The molecule has 1 aromatic heterocycles. The van der Waals surface area contributed by atoms with Crippen molar-refractivity contribution >= 4 is 31.2 Å². The molecule has 0 N–H and O–H groups in total. The van der Waals surface area contributed by atoms with E-state index in [1.165, 1.54) is 0 Å². The van der Waals surface area contributed by atoms with E-state index in [1.54, 1.807) is 12.4 Å². The molecule has 1 aliphatic rings. The van der Waals surface area contributed by atoms with Crippen molar-refractivity contribution < 1.29 is 0 Å². The van der Waals surface area contributed by atoms with Gasteiger partial charge in [-0.2, -0.15) is 0 Å². The maximum absolute atomic E-state index is 4.30. The van der Waals surface area contributed by atoms with Crippen LogP contribution in [0.15, 0.2) is 18.5 Å². The summed E-state index contributed by atoms with van der Waals surface area (Å²) in [7, 11) is 0. The van der Waals surface area contributed by atoms with E-state index in [9.17, 15) is 0 Å². The van der Waals surface area contributed by atoms with Gasteiger partial charge in [0.2, 0.25) is 5.95 Å². The third kappa shape index (κ3) is 2.76. The van der Waals surface area contributed by atoms with Gasteiger partial charge in [-0.1, -0.05) is 0 Å². The molecule has 0 bridgehead atoms. The Kier molecular flexibility index (Phi) is 3.71. The van der Waals surface area contributed by atoms with Crippen molar-refractivity contribution in [1.29, 1.82) is 0 Å². The molecule has 0 aromatic carbocycles. The molecular weight excluding hydrogens is 228 g/mol. The first kappa shape index (κ1) is 11.0. The first-order chi connectivity index (χ1) is 7.27. The zero-order chi connectivity index (χ0) is 10.7. The molecule has 1 aromatic rings. The Morgan fingerprint density at radius 2 is 1.67 bits per heavy atom. The molecule has 0 amide bonds. The zero-order valence-corrected chi connectivity index (χ0v) is 10.1. The standard InChI is InChI=1S/C9H14N4S2/c14-9(15)13-6-4-12(5-7-13)8-10-2-1-3-11-8/h1-3,9,14-15H,4-7H2. The van der Waals surface area contributed by atoms with E-state index in [-0.39, 0.29) is 4.71 Å². The van der Waals surface area contributed by atoms with E-state index >= 15 is 0 Å². The van der Waals surface area contributed by atoms with Gasteiger partial charge in [0.15, 0.2) is 0 Å². The summed E-state index contributed by atoms with van der Waals surface area (Å²) in [4.78, 5) is 12.9. The molecule has 15 heavy (non-hydrogen) atoms. The molecule has 0 atom stereocenters. The van der Waals surface area contributed by atoms with E-state index in [2.05, 4.69) is 45.0 Å². The van der Waals surface area contributed by atoms with E-state index in [0.29, 0.717) is 0 Å². The smallest absolute Gasteiger partial charge is 0.225 e. The van der Waals surface area contributed by atoms with Gasteiger partial charge < -0.3 is 4.90 Å². The highest BCUT2D eigenvalue weighted by molar-refractivity contribution is 7.99. The molecule has 1 fully saturated rings. The summed E-state index contributed by atoms with van der Waals surface area (Å²) < 4.78 is 0.0313. The lowest BCUT2D eigenvalue weighted by molar-refractivity contribution is 0.285. The van der Waals surface area contributed by atoms with Crippen molar-refractivity contribution in [1.82, 2.24) is 14.9 Å². The van der Waals surface area contributed by atoms with Gasteiger partial charge >= 0.3 is 0 Å². The van der Waals surface area contributed by atoms with Crippen LogP contribution in [-0.4, -0.2) is 45.8 Å². The molecule has 0 radical (unpaired) electrons. The minimum absolute atomic E-state index is 0.0313. The number of aromatic nitrogens is 2. The molecule has 0 aliphatic carbocycles. The Labute approximate surface area is 101 Å². The first-order valence-corrected chi connectivity index (χ1v) is 5.93. The average Bonchev–Trinajstić information content (AvgIpc) is 2.30. The van der Waals surface area contributed by atoms with Crippen LogP contribution in [0.5, 0.6) is 0 Å². The van der Waals surface area contributed by atoms with E-state index in [4.69, 9.17) is 0 Å². The van der Waals surface area contributed by atoms with Crippen LogP contribution in [0.4, 0.5) is 5.95 Å². The molecule has 0 saturated carbocycles. The molecular formula is C9H14N4S2. The Morgan fingerprint density at radius 3 is 2.20 bits per heavy atom. The highest BCUT2D eigenvalue weighted by atomic mass is 32.2. The molecule has 82 valence electrons.